The van der Waals surface area contributed by atoms with Crippen LogP contribution in [0.1, 0.15) is 38.8 Å². The zero-order valence-electron chi connectivity index (χ0n) is 12.1. The van der Waals surface area contributed by atoms with Crippen LogP contribution in [0.3, 0.4) is 0 Å². The second-order valence-corrected chi connectivity index (χ2v) is 5.23. The number of amides is 1. The first-order valence-corrected chi connectivity index (χ1v) is 6.31. The fraction of sp³-hybridized carbons (Fsp3) is 0.467. The first-order valence-electron chi connectivity index (χ1n) is 6.31. The molecular formula is C15H21NO3. The number of carboxylic acid groups (broad SMARTS) is 1. The highest BCUT2D eigenvalue weighted by Crippen LogP contribution is 2.31. The summed E-state index contributed by atoms with van der Waals surface area (Å²) in [5.41, 5.74) is 0.304. The topological polar surface area (TPSA) is 57.6 Å². The van der Waals surface area contributed by atoms with E-state index >= 15 is 0 Å². The lowest BCUT2D eigenvalue weighted by Gasteiger charge is -2.40. The molecule has 0 spiro atoms. The molecule has 4 heteroatoms. The van der Waals surface area contributed by atoms with Gasteiger partial charge in [-0.25, -0.2) is 4.79 Å². The van der Waals surface area contributed by atoms with E-state index in [1.165, 1.54) is 11.8 Å². The molecule has 0 heterocycles. The molecule has 1 atom stereocenters. The van der Waals surface area contributed by atoms with Crippen LogP contribution in [0.2, 0.25) is 0 Å². The van der Waals surface area contributed by atoms with E-state index in [-0.39, 0.29) is 11.9 Å². The summed E-state index contributed by atoms with van der Waals surface area (Å²) in [5.74, 6) is -1.28. The lowest BCUT2D eigenvalue weighted by atomic mass is 9.88. The zero-order valence-corrected chi connectivity index (χ0v) is 12.1. The second kappa shape index (κ2) is 5.43. The third-order valence-corrected chi connectivity index (χ3v) is 3.37. The molecule has 0 aliphatic rings. The Morgan fingerprint density at radius 3 is 2.00 bits per heavy atom. The van der Waals surface area contributed by atoms with E-state index in [1.54, 1.807) is 19.1 Å². The van der Waals surface area contributed by atoms with Crippen molar-refractivity contribution in [1.82, 2.24) is 4.90 Å². The van der Waals surface area contributed by atoms with E-state index in [4.69, 9.17) is 0 Å². The van der Waals surface area contributed by atoms with Crippen molar-refractivity contribution < 1.29 is 14.7 Å². The predicted molar refractivity (Wildman–Crippen MR) is 73.8 cm³/mol. The van der Waals surface area contributed by atoms with Crippen molar-refractivity contribution in [2.75, 3.05) is 0 Å². The van der Waals surface area contributed by atoms with Gasteiger partial charge in [-0.05, 0) is 33.3 Å². The summed E-state index contributed by atoms with van der Waals surface area (Å²) in [6, 6.07) is 7.05. The molecule has 1 N–H and O–H groups in total. The predicted octanol–water partition coefficient (Wildman–Crippen LogP) is 2.55. The molecule has 0 aromatic heterocycles. The Morgan fingerprint density at radius 1 is 1.21 bits per heavy atom. The highest BCUT2D eigenvalue weighted by Gasteiger charge is 2.44. The standard InChI is InChI=1S/C15H21NO3/c1-10(2)16(12(4)17)15(5,14(18)19)13-8-6-11(3)7-9-13/h6-10H,1-5H3,(H,18,19). The molecule has 1 aromatic rings. The minimum absolute atomic E-state index is 0.195. The molecule has 1 rings (SSSR count). The second-order valence-electron chi connectivity index (χ2n) is 5.23. The maximum absolute atomic E-state index is 11.8. The molecule has 1 aromatic carbocycles. The van der Waals surface area contributed by atoms with Gasteiger partial charge in [-0.1, -0.05) is 29.8 Å². The smallest absolute Gasteiger partial charge is 0.334 e. The Hall–Kier alpha value is -1.84. The molecule has 0 aliphatic heterocycles. The number of hydrogen-bond acceptors (Lipinski definition) is 2. The molecule has 0 saturated heterocycles. The quantitative estimate of drug-likeness (QED) is 0.908. The van der Waals surface area contributed by atoms with Crippen molar-refractivity contribution in [1.29, 1.82) is 0 Å². The van der Waals surface area contributed by atoms with Crippen molar-refractivity contribution in [2.24, 2.45) is 0 Å². The van der Waals surface area contributed by atoms with E-state index in [9.17, 15) is 14.7 Å². The van der Waals surface area contributed by atoms with Crippen LogP contribution in [0.5, 0.6) is 0 Å². The van der Waals surface area contributed by atoms with Crippen LogP contribution in [0.4, 0.5) is 0 Å². The first kappa shape index (κ1) is 15.2. The third kappa shape index (κ3) is 2.78. The van der Waals surface area contributed by atoms with Crippen LogP contribution in [0.15, 0.2) is 24.3 Å². The zero-order chi connectivity index (χ0) is 14.8. The average Bonchev–Trinajstić information content (AvgIpc) is 2.28. The highest BCUT2D eigenvalue weighted by atomic mass is 16.4. The van der Waals surface area contributed by atoms with E-state index in [1.807, 2.05) is 32.9 Å². The summed E-state index contributed by atoms with van der Waals surface area (Å²) in [6.07, 6.45) is 0. The normalized spacial score (nSPS) is 14.0. The molecule has 0 saturated carbocycles. The van der Waals surface area contributed by atoms with E-state index < -0.39 is 11.5 Å². The van der Waals surface area contributed by atoms with Crippen LogP contribution < -0.4 is 0 Å². The highest BCUT2D eigenvalue weighted by molar-refractivity contribution is 5.87. The van der Waals surface area contributed by atoms with Gasteiger partial charge in [0.2, 0.25) is 5.91 Å². The number of benzene rings is 1. The van der Waals surface area contributed by atoms with Gasteiger partial charge in [0.1, 0.15) is 0 Å². The Balaban J connectivity index is 3.42. The van der Waals surface area contributed by atoms with Gasteiger partial charge in [-0.3, -0.25) is 4.79 Å². The molecular weight excluding hydrogens is 242 g/mol. The lowest BCUT2D eigenvalue weighted by molar-refractivity contribution is -0.160. The van der Waals surface area contributed by atoms with Gasteiger partial charge >= 0.3 is 5.97 Å². The molecule has 4 nitrogen and oxygen atoms in total. The van der Waals surface area contributed by atoms with Crippen molar-refractivity contribution in [3.8, 4) is 0 Å². The fourth-order valence-corrected chi connectivity index (χ4v) is 2.44. The van der Waals surface area contributed by atoms with Crippen LogP contribution in [-0.2, 0) is 15.1 Å². The monoisotopic (exact) mass is 263 g/mol. The molecule has 1 unspecified atom stereocenters. The lowest BCUT2D eigenvalue weighted by Crippen LogP contribution is -2.55. The largest absolute Gasteiger partial charge is 0.479 e. The molecule has 0 fully saturated rings. The summed E-state index contributed by atoms with van der Waals surface area (Å²) in [5, 5.41) is 9.63. The number of carboxylic acids is 1. The molecule has 0 radical (unpaired) electrons. The summed E-state index contributed by atoms with van der Waals surface area (Å²) in [4.78, 5) is 25.0. The minimum atomic E-state index is -1.35. The summed E-state index contributed by atoms with van der Waals surface area (Å²) in [7, 11) is 0. The molecule has 104 valence electrons. The molecule has 0 bridgehead atoms. The van der Waals surface area contributed by atoms with E-state index in [0.717, 1.165) is 5.56 Å². The van der Waals surface area contributed by atoms with Crippen LogP contribution in [-0.4, -0.2) is 27.9 Å². The summed E-state index contributed by atoms with van der Waals surface area (Å²) >= 11 is 0. The van der Waals surface area contributed by atoms with Gasteiger partial charge in [0, 0.05) is 13.0 Å². The van der Waals surface area contributed by atoms with Crippen LogP contribution in [0.25, 0.3) is 0 Å². The number of aryl methyl sites for hydroxylation is 1. The first-order chi connectivity index (χ1) is 8.71. The van der Waals surface area contributed by atoms with Gasteiger partial charge in [-0.2, -0.15) is 0 Å². The molecule has 1 amide bonds. The van der Waals surface area contributed by atoms with Gasteiger partial charge in [0.15, 0.2) is 5.54 Å². The summed E-state index contributed by atoms with van der Waals surface area (Å²) < 4.78 is 0. The van der Waals surface area contributed by atoms with Crippen LogP contribution in [0, 0.1) is 6.92 Å². The fourth-order valence-electron chi connectivity index (χ4n) is 2.44. The summed E-state index contributed by atoms with van der Waals surface area (Å²) in [6.45, 7) is 8.54. The van der Waals surface area contributed by atoms with E-state index in [2.05, 4.69) is 0 Å². The number of carbonyl (C=O) groups excluding carboxylic acids is 1. The van der Waals surface area contributed by atoms with Gasteiger partial charge < -0.3 is 10.0 Å². The number of nitrogens with zero attached hydrogens (tertiary/aromatic N) is 1. The minimum Gasteiger partial charge on any atom is -0.479 e. The number of carbonyl (C=O) groups is 2. The van der Waals surface area contributed by atoms with Crippen molar-refractivity contribution in [3.05, 3.63) is 35.4 Å². The van der Waals surface area contributed by atoms with E-state index in [0.29, 0.717) is 5.56 Å². The van der Waals surface area contributed by atoms with Gasteiger partial charge in [-0.15, -0.1) is 0 Å². The Bertz CT molecular complexity index is 479. The van der Waals surface area contributed by atoms with Crippen molar-refractivity contribution in [3.63, 3.8) is 0 Å². The molecule has 19 heavy (non-hydrogen) atoms. The number of hydrogen-bond donors (Lipinski definition) is 1. The average molecular weight is 263 g/mol. The van der Waals surface area contributed by atoms with Gasteiger partial charge in [0.05, 0.1) is 0 Å². The molecule has 0 aliphatic carbocycles. The van der Waals surface area contributed by atoms with Crippen LogP contribution >= 0.6 is 0 Å². The SMILES string of the molecule is CC(=O)N(C(C)C)C(C)(C(=O)O)c1ccc(C)cc1. The van der Waals surface area contributed by atoms with Gasteiger partial charge in [0.25, 0.3) is 0 Å². The van der Waals surface area contributed by atoms with Crippen molar-refractivity contribution in [2.45, 2.75) is 46.2 Å². The maximum atomic E-state index is 11.8. The third-order valence-electron chi connectivity index (χ3n) is 3.37. The number of aliphatic carboxylic acids is 1. The Morgan fingerprint density at radius 2 is 1.68 bits per heavy atom. The maximum Gasteiger partial charge on any atom is 0.334 e. The Kier molecular flexibility index (Phi) is 4.35. The Labute approximate surface area is 114 Å². The van der Waals surface area contributed by atoms with Crippen molar-refractivity contribution >= 4 is 11.9 Å². The number of rotatable bonds is 4.